The monoisotopic (exact) mass is 207 g/mol. The molecule has 0 saturated carbocycles. The predicted molar refractivity (Wildman–Crippen MR) is 53.4 cm³/mol. The van der Waals surface area contributed by atoms with Gasteiger partial charge in [-0.05, 0) is 5.56 Å². The number of nitro groups is 1. The molecule has 1 aromatic carbocycles. The molecule has 0 unspecified atom stereocenters. The molecule has 0 bridgehead atoms. The lowest BCUT2D eigenvalue weighted by Gasteiger charge is -1.96. The third-order valence-corrected chi connectivity index (χ3v) is 1.69. The molecule has 0 N–H and O–H groups in total. The highest BCUT2D eigenvalue weighted by Gasteiger charge is 2.22. The van der Waals surface area contributed by atoms with E-state index in [1.165, 1.54) is 6.08 Å². The van der Waals surface area contributed by atoms with Crippen molar-refractivity contribution in [3.63, 3.8) is 0 Å². The van der Waals surface area contributed by atoms with Crippen LogP contribution in [0.15, 0.2) is 36.0 Å². The second-order valence-electron chi connectivity index (χ2n) is 2.69. The summed E-state index contributed by atoms with van der Waals surface area (Å²) in [5.41, 5.74) is -0.00157. The van der Waals surface area contributed by atoms with Crippen LogP contribution in [0.1, 0.15) is 5.56 Å². The molecule has 0 amide bonds. The van der Waals surface area contributed by atoms with Crippen LogP contribution >= 0.6 is 0 Å². The second-order valence-corrected chi connectivity index (χ2v) is 2.69. The van der Waals surface area contributed by atoms with E-state index in [0.717, 1.165) is 7.11 Å². The van der Waals surface area contributed by atoms with E-state index in [1.807, 2.05) is 0 Å². The van der Waals surface area contributed by atoms with Gasteiger partial charge in [-0.2, -0.15) is 0 Å². The average molecular weight is 207 g/mol. The van der Waals surface area contributed by atoms with E-state index in [1.54, 1.807) is 30.3 Å². The van der Waals surface area contributed by atoms with Crippen molar-refractivity contribution in [3.8, 4) is 0 Å². The van der Waals surface area contributed by atoms with Gasteiger partial charge in [0.05, 0.1) is 12.0 Å². The van der Waals surface area contributed by atoms with Gasteiger partial charge in [-0.25, -0.2) is 4.79 Å². The van der Waals surface area contributed by atoms with Crippen LogP contribution in [-0.4, -0.2) is 18.0 Å². The van der Waals surface area contributed by atoms with Gasteiger partial charge < -0.3 is 4.74 Å². The molecule has 5 nitrogen and oxygen atoms in total. The molecule has 0 fully saturated rings. The zero-order valence-corrected chi connectivity index (χ0v) is 8.04. The lowest BCUT2D eigenvalue weighted by molar-refractivity contribution is -0.419. The van der Waals surface area contributed by atoms with E-state index < -0.39 is 16.6 Å². The number of esters is 1. The lowest BCUT2D eigenvalue weighted by Crippen LogP contribution is -2.12. The number of carbonyl (C=O) groups is 1. The van der Waals surface area contributed by atoms with Crippen molar-refractivity contribution in [2.45, 2.75) is 0 Å². The molecule has 0 heterocycles. The summed E-state index contributed by atoms with van der Waals surface area (Å²) in [6.45, 7) is 0. The molecule has 0 radical (unpaired) electrons. The number of hydrogen-bond acceptors (Lipinski definition) is 4. The maximum absolute atomic E-state index is 11.0. The largest absolute Gasteiger partial charge is 0.461 e. The first-order chi connectivity index (χ1) is 7.15. The third-order valence-electron chi connectivity index (χ3n) is 1.69. The molecule has 0 atom stereocenters. The van der Waals surface area contributed by atoms with E-state index in [0.29, 0.717) is 5.56 Å². The number of methoxy groups -OCH3 is 1. The van der Waals surface area contributed by atoms with Gasteiger partial charge in [0.1, 0.15) is 0 Å². The number of nitrogens with zero attached hydrogens (tertiary/aromatic N) is 1. The van der Waals surface area contributed by atoms with Gasteiger partial charge >= 0.3 is 11.7 Å². The van der Waals surface area contributed by atoms with E-state index in [-0.39, 0.29) is 0 Å². The van der Waals surface area contributed by atoms with Crippen molar-refractivity contribution in [1.82, 2.24) is 0 Å². The first-order valence-corrected chi connectivity index (χ1v) is 4.14. The number of carbonyl (C=O) groups excluding carboxylic acids is 1. The Labute approximate surface area is 86.1 Å². The first kappa shape index (κ1) is 10.9. The fourth-order valence-corrected chi connectivity index (χ4v) is 0.998. The van der Waals surface area contributed by atoms with Crippen LogP contribution in [0.4, 0.5) is 0 Å². The fraction of sp³-hybridized carbons (Fsp3) is 0.100. The molecule has 0 aliphatic carbocycles. The van der Waals surface area contributed by atoms with Crippen LogP contribution in [0.3, 0.4) is 0 Å². The molecule has 1 aromatic rings. The summed E-state index contributed by atoms with van der Waals surface area (Å²) in [7, 11) is 1.10. The molecule has 15 heavy (non-hydrogen) atoms. The Balaban J connectivity index is 3.05. The standard InChI is InChI=1S/C10H9NO4/c1-15-10(12)9(11(13)14)7-8-5-3-2-4-6-8/h2-7H,1H3/b9-7-. The Bertz CT molecular complexity index is 397. The molecule has 0 saturated heterocycles. The molecule has 0 aliphatic heterocycles. The van der Waals surface area contributed by atoms with Crippen molar-refractivity contribution in [2.75, 3.05) is 7.11 Å². The summed E-state index contributed by atoms with van der Waals surface area (Å²) in [5.74, 6) is -0.955. The quantitative estimate of drug-likeness (QED) is 0.326. The molecule has 0 spiro atoms. The minimum absolute atomic E-state index is 0.578. The van der Waals surface area contributed by atoms with Gasteiger partial charge in [-0.1, -0.05) is 30.3 Å². The van der Waals surface area contributed by atoms with Crippen LogP contribution < -0.4 is 0 Å². The van der Waals surface area contributed by atoms with Crippen molar-refractivity contribution < 1.29 is 14.5 Å². The topological polar surface area (TPSA) is 69.4 Å². The summed E-state index contributed by atoms with van der Waals surface area (Å²) < 4.78 is 4.30. The summed E-state index contributed by atoms with van der Waals surface area (Å²) >= 11 is 0. The normalized spacial score (nSPS) is 10.9. The zero-order chi connectivity index (χ0) is 11.3. The average Bonchev–Trinajstić information content (AvgIpc) is 2.26. The summed E-state index contributed by atoms with van der Waals surface area (Å²) in [6.07, 6.45) is 1.17. The van der Waals surface area contributed by atoms with Gasteiger partial charge in [0.2, 0.25) is 0 Å². The molecule has 5 heteroatoms. The van der Waals surface area contributed by atoms with Crippen molar-refractivity contribution >= 4 is 12.0 Å². The Kier molecular flexibility index (Phi) is 3.56. The predicted octanol–water partition coefficient (Wildman–Crippen LogP) is 1.48. The fourth-order valence-electron chi connectivity index (χ4n) is 0.998. The van der Waals surface area contributed by atoms with Gasteiger partial charge in [0.25, 0.3) is 0 Å². The Morgan fingerprint density at radius 1 is 1.40 bits per heavy atom. The van der Waals surface area contributed by atoms with Gasteiger partial charge in [-0.15, -0.1) is 0 Å². The van der Waals surface area contributed by atoms with E-state index >= 15 is 0 Å². The highest BCUT2D eigenvalue weighted by atomic mass is 16.6. The van der Waals surface area contributed by atoms with Gasteiger partial charge in [0.15, 0.2) is 0 Å². The lowest BCUT2D eigenvalue weighted by atomic mass is 10.2. The maximum Gasteiger partial charge on any atom is 0.409 e. The Morgan fingerprint density at radius 3 is 2.47 bits per heavy atom. The highest BCUT2D eigenvalue weighted by Crippen LogP contribution is 2.08. The maximum atomic E-state index is 11.0. The summed E-state index contributed by atoms with van der Waals surface area (Å²) in [4.78, 5) is 20.8. The van der Waals surface area contributed by atoms with Crippen LogP contribution in [-0.2, 0) is 9.53 Å². The molecular weight excluding hydrogens is 198 g/mol. The van der Waals surface area contributed by atoms with Crippen molar-refractivity contribution in [3.05, 3.63) is 51.7 Å². The van der Waals surface area contributed by atoms with Gasteiger partial charge in [-0.3, -0.25) is 10.1 Å². The Hall–Kier alpha value is -2.17. The van der Waals surface area contributed by atoms with E-state index in [2.05, 4.69) is 4.74 Å². The van der Waals surface area contributed by atoms with Crippen molar-refractivity contribution in [2.24, 2.45) is 0 Å². The minimum Gasteiger partial charge on any atom is -0.461 e. The molecule has 78 valence electrons. The smallest absolute Gasteiger partial charge is 0.409 e. The number of ether oxygens (including phenoxy) is 1. The minimum atomic E-state index is -0.955. The van der Waals surface area contributed by atoms with Crippen LogP contribution in [0.5, 0.6) is 0 Å². The molecule has 1 rings (SSSR count). The third kappa shape index (κ3) is 2.91. The van der Waals surface area contributed by atoms with Crippen LogP contribution in [0, 0.1) is 10.1 Å². The number of hydrogen-bond donors (Lipinski definition) is 0. The van der Waals surface area contributed by atoms with E-state index in [4.69, 9.17) is 0 Å². The summed E-state index contributed by atoms with van der Waals surface area (Å²) in [6, 6.07) is 8.54. The first-order valence-electron chi connectivity index (χ1n) is 4.14. The van der Waals surface area contributed by atoms with Gasteiger partial charge in [0, 0.05) is 6.08 Å². The SMILES string of the molecule is COC(=O)/C(=C/c1ccccc1)[N+](=O)[O-]. The second kappa shape index (κ2) is 4.90. The van der Waals surface area contributed by atoms with E-state index in [9.17, 15) is 14.9 Å². The zero-order valence-electron chi connectivity index (χ0n) is 8.04. The highest BCUT2D eigenvalue weighted by molar-refractivity contribution is 5.90. The van der Waals surface area contributed by atoms with Crippen molar-refractivity contribution in [1.29, 1.82) is 0 Å². The van der Waals surface area contributed by atoms with Crippen LogP contribution in [0.2, 0.25) is 0 Å². The van der Waals surface area contributed by atoms with Crippen LogP contribution in [0.25, 0.3) is 6.08 Å². The molecular formula is C10H9NO4. The number of rotatable bonds is 3. The summed E-state index contributed by atoms with van der Waals surface area (Å²) in [5, 5.41) is 10.5. The Morgan fingerprint density at radius 2 is 2.00 bits per heavy atom. The number of benzene rings is 1. The molecule has 0 aliphatic rings. The molecule has 0 aromatic heterocycles.